The molecule has 3 aromatic rings. The van der Waals surface area contributed by atoms with Crippen LogP contribution in [0.4, 0.5) is 10.5 Å². The summed E-state index contributed by atoms with van der Waals surface area (Å²) in [7, 11) is 0. The van der Waals surface area contributed by atoms with Crippen molar-refractivity contribution in [2.45, 2.75) is 38.9 Å². The average Bonchev–Trinajstić information content (AvgIpc) is 2.82. The number of phenols is 1. The van der Waals surface area contributed by atoms with Gasteiger partial charge < -0.3 is 19.7 Å². The van der Waals surface area contributed by atoms with E-state index in [0.29, 0.717) is 36.1 Å². The molecule has 0 heterocycles. The monoisotopic (exact) mass is 463 g/mol. The number of carboxylic acids is 1. The quantitative estimate of drug-likeness (QED) is 0.320. The maximum atomic E-state index is 12.9. The van der Waals surface area contributed by atoms with Crippen molar-refractivity contribution in [2.24, 2.45) is 0 Å². The number of allylic oxidation sites excluding steroid dienone is 1. The minimum atomic E-state index is -1.03. The van der Waals surface area contributed by atoms with Gasteiger partial charge in [0.15, 0.2) is 6.10 Å². The Labute approximate surface area is 198 Å². The van der Waals surface area contributed by atoms with Gasteiger partial charge in [0.2, 0.25) is 0 Å². The van der Waals surface area contributed by atoms with Gasteiger partial charge in [-0.3, -0.25) is 5.32 Å². The predicted molar refractivity (Wildman–Crippen MR) is 131 cm³/mol. The molecular formula is C27H29NO6. The third kappa shape index (κ3) is 6.59. The molecule has 0 bridgehead atoms. The predicted octanol–water partition coefficient (Wildman–Crippen LogP) is 5.97. The summed E-state index contributed by atoms with van der Waals surface area (Å²) in [4.78, 5) is 23.7. The van der Waals surface area contributed by atoms with Gasteiger partial charge in [0, 0.05) is 29.3 Å². The molecule has 0 aliphatic heterocycles. The molecule has 7 heteroatoms. The van der Waals surface area contributed by atoms with Crippen molar-refractivity contribution in [3.63, 3.8) is 0 Å². The van der Waals surface area contributed by atoms with E-state index in [1.807, 2.05) is 44.2 Å². The molecular weight excluding hydrogens is 434 g/mol. The van der Waals surface area contributed by atoms with Gasteiger partial charge in [-0.2, -0.15) is 0 Å². The largest absolute Gasteiger partial charge is 0.507 e. The lowest BCUT2D eigenvalue weighted by molar-refractivity contribution is -0.131. The van der Waals surface area contributed by atoms with Crippen LogP contribution in [-0.2, 0) is 14.3 Å². The molecule has 178 valence electrons. The first kappa shape index (κ1) is 24.8. The summed E-state index contributed by atoms with van der Waals surface area (Å²) >= 11 is 0. The van der Waals surface area contributed by atoms with Crippen molar-refractivity contribution >= 4 is 28.5 Å². The Kier molecular flexibility index (Phi) is 8.65. The number of rotatable bonds is 10. The minimum Gasteiger partial charge on any atom is -0.507 e. The molecule has 0 aliphatic carbocycles. The number of ether oxygens (including phenoxy) is 2. The molecule has 1 amide bonds. The second-order valence-electron chi connectivity index (χ2n) is 7.85. The molecule has 0 aliphatic rings. The molecule has 0 saturated heterocycles. The normalized spacial score (nSPS) is 13.0. The van der Waals surface area contributed by atoms with Crippen molar-refractivity contribution in [2.75, 3.05) is 11.9 Å². The van der Waals surface area contributed by atoms with Crippen LogP contribution in [-0.4, -0.2) is 35.0 Å². The van der Waals surface area contributed by atoms with Gasteiger partial charge in [0.25, 0.3) is 0 Å². The molecule has 3 N–H and O–H groups in total. The Morgan fingerprint density at radius 2 is 1.74 bits per heavy atom. The van der Waals surface area contributed by atoms with E-state index < -0.39 is 24.3 Å². The van der Waals surface area contributed by atoms with Gasteiger partial charge in [-0.05, 0) is 50.3 Å². The molecule has 34 heavy (non-hydrogen) atoms. The van der Waals surface area contributed by atoms with E-state index in [1.165, 1.54) is 0 Å². The first-order valence-corrected chi connectivity index (χ1v) is 11.1. The molecule has 2 atom stereocenters. The van der Waals surface area contributed by atoms with Crippen molar-refractivity contribution < 1.29 is 29.3 Å². The number of benzene rings is 3. The number of aromatic hydroxyl groups is 1. The van der Waals surface area contributed by atoms with Crippen LogP contribution in [0.25, 0.3) is 10.8 Å². The van der Waals surface area contributed by atoms with Crippen molar-refractivity contribution in [3.05, 3.63) is 83.9 Å². The van der Waals surface area contributed by atoms with Crippen LogP contribution in [0, 0.1) is 6.92 Å². The van der Waals surface area contributed by atoms with Crippen molar-refractivity contribution in [1.82, 2.24) is 0 Å². The van der Waals surface area contributed by atoms with E-state index in [9.17, 15) is 14.7 Å². The molecule has 0 saturated carbocycles. The Bertz CT molecular complexity index is 1160. The summed E-state index contributed by atoms with van der Waals surface area (Å²) in [5.41, 5.74) is 2.36. The number of aryl methyl sites for hydroxylation is 1. The number of phenolic OH excluding ortho intramolecular Hbond substituents is 1. The van der Waals surface area contributed by atoms with Crippen LogP contribution in [0.5, 0.6) is 5.75 Å². The molecule has 0 spiro atoms. The maximum absolute atomic E-state index is 12.9. The zero-order chi connectivity index (χ0) is 24.5. The maximum Gasteiger partial charge on any atom is 0.412 e. The van der Waals surface area contributed by atoms with Crippen molar-refractivity contribution in [1.29, 1.82) is 0 Å². The van der Waals surface area contributed by atoms with Crippen LogP contribution >= 0.6 is 0 Å². The second-order valence-corrected chi connectivity index (χ2v) is 7.85. The highest BCUT2D eigenvalue weighted by Gasteiger charge is 2.29. The third-order valence-corrected chi connectivity index (χ3v) is 5.37. The molecule has 0 radical (unpaired) electrons. The van der Waals surface area contributed by atoms with E-state index >= 15 is 0 Å². The number of aliphatic carboxylic acids is 1. The highest BCUT2D eigenvalue weighted by atomic mass is 16.6. The molecule has 0 fully saturated rings. The van der Waals surface area contributed by atoms with E-state index in [4.69, 9.17) is 14.6 Å². The smallest absolute Gasteiger partial charge is 0.412 e. The van der Waals surface area contributed by atoms with Crippen LogP contribution < -0.4 is 5.32 Å². The highest BCUT2D eigenvalue weighted by molar-refractivity contribution is 5.91. The molecule has 3 aromatic carbocycles. The van der Waals surface area contributed by atoms with E-state index in [1.54, 1.807) is 36.4 Å². The summed E-state index contributed by atoms with van der Waals surface area (Å²) in [5, 5.41) is 23.3. The fourth-order valence-electron chi connectivity index (χ4n) is 3.77. The Morgan fingerprint density at radius 1 is 1.03 bits per heavy atom. The van der Waals surface area contributed by atoms with Crippen molar-refractivity contribution in [3.8, 4) is 5.75 Å². The number of carboxylic acid groups (broad SMARTS) is 1. The van der Waals surface area contributed by atoms with Crippen LogP contribution in [0.15, 0.2) is 72.8 Å². The first-order valence-electron chi connectivity index (χ1n) is 11.1. The van der Waals surface area contributed by atoms with Gasteiger partial charge in [0.1, 0.15) is 5.75 Å². The first-order chi connectivity index (χ1) is 16.4. The second kappa shape index (κ2) is 11.9. The van der Waals surface area contributed by atoms with E-state index in [0.717, 1.165) is 17.0 Å². The molecule has 0 aromatic heterocycles. The zero-order valence-corrected chi connectivity index (χ0v) is 19.2. The fourth-order valence-corrected chi connectivity index (χ4v) is 3.77. The SMILES string of the molecule is CCO[C@H](CC/C=C/C(=O)O)[C@H](OC(=O)Nc1ccc(C)cc1)c1ccc(O)c2ccccc12. The fraction of sp³-hybridized carbons (Fsp3) is 0.259. The van der Waals surface area contributed by atoms with E-state index in [2.05, 4.69) is 5.32 Å². The number of nitrogens with one attached hydrogen (secondary N) is 1. The number of hydrogen-bond acceptors (Lipinski definition) is 5. The summed E-state index contributed by atoms with van der Waals surface area (Å²) in [5.74, 6) is -0.901. The van der Waals surface area contributed by atoms with Gasteiger partial charge in [-0.25, -0.2) is 9.59 Å². The topological polar surface area (TPSA) is 105 Å². The highest BCUT2D eigenvalue weighted by Crippen LogP contribution is 2.36. The average molecular weight is 464 g/mol. The Balaban J connectivity index is 1.94. The third-order valence-electron chi connectivity index (χ3n) is 5.37. The lowest BCUT2D eigenvalue weighted by Gasteiger charge is -2.28. The minimum absolute atomic E-state index is 0.125. The van der Waals surface area contributed by atoms with Gasteiger partial charge in [-0.15, -0.1) is 0 Å². The Morgan fingerprint density at radius 3 is 2.41 bits per heavy atom. The number of amides is 1. The number of carbonyl (C=O) groups excluding carboxylic acids is 1. The number of carbonyl (C=O) groups is 2. The van der Waals surface area contributed by atoms with E-state index in [-0.39, 0.29) is 5.75 Å². The summed E-state index contributed by atoms with van der Waals surface area (Å²) in [6, 6.07) is 18.0. The van der Waals surface area contributed by atoms with Crippen LogP contribution in [0.2, 0.25) is 0 Å². The number of hydrogen-bond donors (Lipinski definition) is 3. The van der Waals surface area contributed by atoms with Crippen LogP contribution in [0.3, 0.4) is 0 Å². The summed E-state index contributed by atoms with van der Waals surface area (Å²) < 4.78 is 11.9. The van der Waals surface area contributed by atoms with Gasteiger partial charge in [0.05, 0.1) is 6.10 Å². The zero-order valence-electron chi connectivity index (χ0n) is 19.2. The van der Waals surface area contributed by atoms with Gasteiger partial charge >= 0.3 is 12.1 Å². The van der Waals surface area contributed by atoms with Crippen LogP contribution in [0.1, 0.15) is 37.0 Å². The van der Waals surface area contributed by atoms with Gasteiger partial charge in [-0.1, -0.05) is 54.1 Å². The summed E-state index contributed by atoms with van der Waals surface area (Å²) in [6.45, 7) is 4.18. The lowest BCUT2D eigenvalue weighted by atomic mass is 9.94. The Hall–Kier alpha value is -3.84. The standard InChI is InChI=1S/C27H29NO6/c1-3-33-24(10-6-7-11-25(30)31)26(34-27(32)28-19-14-12-18(2)13-15-19)22-16-17-23(29)21-9-5-4-8-20(21)22/h4-5,7-9,11-17,24,26,29H,3,6,10H2,1-2H3,(H,28,32)(H,30,31)/b11-7+/t24-,26-/m1/s1. The molecule has 7 nitrogen and oxygen atoms in total. The lowest BCUT2D eigenvalue weighted by Crippen LogP contribution is -2.29. The number of anilines is 1. The number of fused-ring (bicyclic) bond motifs is 1. The summed E-state index contributed by atoms with van der Waals surface area (Å²) in [6.07, 6.45) is 1.50. The molecule has 0 unspecified atom stereocenters. The molecule has 3 rings (SSSR count).